The Balaban J connectivity index is 1.01. The minimum Gasteiger partial charge on any atom is -0.495 e. The fourth-order valence-electron chi connectivity index (χ4n) is 15.8. The van der Waals surface area contributed by atoms with Gasteiger partial charge in [-0.3, -0.25) is 72.8 Å². The molecule has 4 heterocycles. The molecule has 15 N–H and O–H groups in total. The van der Waals surface area contributed by atoms with Gasteiger partial charge in [-0.15, -0.1) is 0 Å². The number of hydrogen-bond acceptors (Lipinski definition) is 35. The summed E-state index contributed by atoms with van der Waals surface area (Å²) < 4.78 is 74.3. The molecular formula is C95H152ClN13O36S2. The molecule has 0 radical (unpaired) electrons. The number of carbonyl (C=O) groups excluding carboxylic acids is 10. The van der Waals surface area contributed by atoms with Crippen LogP contribution in [0.2, 0.25) is 5.02 Å². The van der Waals surface area contributed by atoms with Crippen LogP contribution in [0.1, 0.15) is 149 Å². The Morgan fingerprint density at radius 3 is 1.56 bits per heavy atom. The van der Waals surface area contributed by atoms with Crippen LogP contribution in [0.5, 0.6) is 5.75 Å². The number of hydrogen-bond donors (Lipinski definition) is 15. The van der Waals surface area contributed by atoms with Crippen LogP contribution in [-0.4, -0.2) is 441 Å². The van der Waals surface area contributed by atoms with E-state index in [1.54, 1.807) is 52.8 Å². The molecule has 3 saturated heterocycles. The summed E-state index contributed by atoms with van der Waals surface area (Å²) >= 11 is 6.88. The third-order valence-corrected chi connectivity index (χ3v) is 27.2. The Morgan fingerprint density at radius 2 is 1.05 bits per heavy atom. The molecule has 3 fully saturated rings. The average Bonchev–Trinajstić information content (AvgIpc) is 1.57. The summed E-state index contributed by atoms with van der Waals surface area (Å²) in [6, 6.07) is -3.63. The molecule has 4 bridgehead atoms. The Bertz CT molecular complexity index is 4360. The molecule has 0 saturated carbocycles. The maximum atomic E-state index is 14.6. The van der Waals surface area contributed by atoms with Gasteiger partial charge in [-0.25, -0.2) is 24.0 Å². The molecular weight excluding hydrogens is 2000 g/mol. The number of allylic oxidation sites excluding steroid dienone is 3. The van der Waals surface area contributed by atoms with Crippen molar-refractivity contribution >= 4 is 134 Å². The van der Waals surface area contributed by atoms with E-state index in [-0.39, 0.29) is 251 Å². The van der Waals surface area contributed by atoms with Crippen molar-refractivity contribution in [2.24, 2.45) is 5.92 Å². The fraction of sp³-hybridized carbons (Fsp3) is 0.726. The highest BCUT2D eigenvalue weighted by Crippen LogP contribution is 2.49. The molecule has 1 aromatic rings. The molecule has 0 aromatic heterocycles. The number of aliphatic carboxylic acids is 6. The first kappa shape index (κ1) is 128. The van der Waals surface area contributed by atoms with E-state index in [4.69, 9.17) is 78.3 Å². The lowest BCUT2D eigenvalue weighted by Gasteiger charge is -2.42. The molecule has 52 heteroatoms. The first-order chi connectivity index (χ1) is 70.2. The third-order valence-electron chi connectivity index (χ3n) is 24.4. The standard InChI is InChI=1S/C95H152ClN13O36S2/c1-63-16-13-19-74(134-8)95(132)60-73(143-93(131)104-95)64(2)86-94(4,145-86)75(59-81(115)106(6)71-57-66(56-63)58-72(133-7)85(71)96)144-91(129)65(3)105(5)80(114)27-55-147-146-54-26-79(113)101-67(87(122)100-31-15-39-136-43-47-139-46-42-135-38-14-30-99-76(110)22-21-70(90(127)128)109-36-34-107(61-83(118)119)32-33-108(35-37-109)62-84(120)121)17-9-11-28-97-77(111)24-40-137-44-48-140-50-52-142-53-51-141-49-45-138-41-25-78(112)98-29-12-10-18-68(88(123)124)102-92(130)103-69(89(125)126)20-23-82(116)117/h13,16,19,57-58,64-65,67-70,73-75,86,132H,9-12,14-15,17-18,20-56,59-62H2,1-8H3,(H,97,111)(H,98,112)(H,99,110)(H,100,122)(H,101,113)(H,104,131)(H,116,117)(H,118,119)(H,120,121)(H,123,124)(H,125,126)(H,127,128)(H2,102,103,130)/b19-13+,63-16+/t64-,65+,67+,68+,69+,70?,73+,74-,75+,86+,94+,95+/m1/s1. The maximum absolute atomic E-state index is 14.6. The molecule has 12 atom stereocenters. The quantitative estimate of drug-likeness (QED) is 0.0192. The van der Waals surface area contributed by atoms with Gasteiger partial charge in [0.15, 0.2) is 5.72 Å². The number of carboxylic acid groups (broad SMARTS) is 6. The minimum atomic E-state index is -1.93. The van der Waals surface area contributed by atoms with Gasteiger partial charge in [0.25, 0.3) is 0 Å². The summed E-state index contributed by atoms with van der Waals surface area (Å²) in [6.07, 6.45) is 1.80. The normalized spacial score (nSPS) is 20.5. The predicted molar refractivity (Wildman–Crippen MR) is 534 cm³/mol. The zero-order valence-electron chi connectivity index (χ0n) is 85.2. The lowest BCUT2D eigenvalue weighted by atomic mass is 9.83. The van der Waals surface area contributed by atoms with Gasteiger partial charge < -0.3 is 144 Å². The smallest absolute Gasteiger partial charge is 0.409 e. The number of carbonyl (C=O) groups is 16. The molecule has 49 nitrogen and oxygen atoms in total. The zero-order chi connectivity index (χ0) is 108. The van der Waals surface area contributed by atoms with Crippen molar-refractivity contribution in [3.05, 3.63) is 46.5 Å². The van der Waals surface area contributed by atoms with Crippen molar-refractivity contribution < 1.29 is 174 Å². The maximum Gasteiger partial charge on any atom is 0.409 e. The van der Waals surface area contributed by atoms with Crippen molar-refractivity contribution in [2.45, 2.75) is 216 Å². The zero-order valence-corrected chi connectivity index (χ0v) is 87.6. The molecule has 4 aliphatic heterocycles. The van der Waals surface area contributed by atoms with E-state index in [1.807, 2.05) is 13.0 Å². The highest BCUT2D eigenvalue weighted by molar-refractivity contribution is 8.76. The lowest BCUT2D eigenvalue weighted by Crippen LogP contribution is -2.63. The van der Waals surface area contributed by atoms with Crippen LogP contribution in [0, 0.1) is 5.92 Å². The number of fused-ring (bicyclic) bond motifs is 5. The van der Waals surface area contributed by atoms with Crippen molar-refractivity contribution in [1.82, 2.24) is 62.1 Å². The molecule has 1 aromatic carbocycles. The number of esters is 1. The number of nitrogens with one attached hydrogen (secondary N) is 8. The van der Waals surface area contributed by atoms with Crippen LogP contribution in [-0.2, 0) is 130 Å². The average molecular weight is 2150 g/mol. The van der Waals surface area contributed by atoms with E-state index in [1.165, 1.54) is 66.6 Å². The van der Waals surface area contributed by atoms with Crippen molar-refractivity contribution in [2.75, 3.05) is 229 Å². The van der Waals surface area contributed by atoms with E-state index in [0.29, 0.717) is 81.8 Å². The first-order valence-corrected chi connectivity index (χ1v) is 52.2. The summed E-state index contributed by atoms with van der Waals surface area (Å²) in [6.45, 7) is 12.6. The predicted octanol–water partition coefficient (Wildman–Crippen LogP) is 2.05. The topological polar surface area (TPSA) is 650 Å². The molecule has 0 spiro atoms. The van der Waals surface area contributed by atoms with E-state index in [2.05, 4.69) is 42.5 Å². The summed E-state index contributed by atoms with van der Waals surface area (Å²) in [7, 11) is 8.48. The second-order valence-electron chi connectivity index (χ2n) is 35.7. The summed E-state index contributed by atoms with van der Waals surface area (Å²) in [5.41, 5.74) is -1.36. The largest absolute Gasteiger partial charge is 0.495 e. The van der Waals surface area contributed by atoms with Gasteiger partial charge in [-0.05, 0) is 109 Å². The second-order valence-corrected chi connectivity index (χ2v) is 38.8. The number of benzene rings is 1. The number of methoxy groups -OCH3 is 2. The van der Waals surface area contributed by atoms with Crippen LogP contribution in [0.15, 0.2) is 35.9 Å². The third kappa shape index (κ3) is 51.0. The number of alkyl carbamates (subject to hydrolysis) is 1. The SMILES string of the molecule is COc1cc2cc(c1Cl)N(C)C(=O)C[C@H](OC(=O)[C@H](C)N(C)C(=O)CCSSCCC(=O)N[C@@H](CCCCNC(=O)CCOCCOCCOCCOCCOCCC(=O)NCCCC[C@H](NC(=O)N[C@@H](CCC(=O)O)C(=O)O)C(=O)O)C(=O)NCCCOCCOCCOCCCNC(=O)CCC(C(=O)O)N1CCN(CC(=O)O)CCN(CC(=O)O)CC1)[C@]1(C)O[C@H]1[C@H](C)[C@@H]1C[C@@](O)(NC(=O)O1)[C@H](OC)/C=C/C=C(\C)C2. The molecule has 10 amide bonds. The number of nitrogens with zero attached hydrogens (tertiary/aromatic N) is 5. The van der Waals surface area contributed by atoms with Gasteiger partial charge in [-0.2, -0.15) is 0 Å². The van der Waals surface area contributed by atoms with Gasteiger partial charge in [0.2, 0.25) is 41.4 Å². The van der Waals surface area contributed by atoms with Gasteiger partial charge in [0.05, 0.1) is 131 Å². The van der Waals surface area contributed by atoms with Crippen LogP contribution < -0.4 is 52.2 Å². The van der Waals surface area contributed by atoms with E-state index in [0.717, 1.165) is 11.1 Å². The minimum absolute atomic E-state index is 0.00687. The number of aliphatic hydroxyl groups is 1. The van der Waals surface area contributed by atoms with Gasteiger partial charge >= 0.3 is 53.9 Å². The number of anilines is 1. The molecule has 147 heavy (non-hydrogen) atoms. The van der Waals surface area contributed by atoms with Gasteiger partial charge in [0, 0.05) is 162 Å². The fourth-order valence-corrected chi connectivity index (χ4v) is 18.1. The number of carboxylic acids is 6. The first-order valence-electron chi connectivity index (χ1n) is 49.4. The number of ether oxygens (including phenoxy) is 13. The number of unbranched alkanes of at least 4 members (excludes halogenated alkanes) is 2. The van der Waals surface area contributed by atoms with Crippen LogP contribution >= 0.6 is 33.2 Å². The lowest BCUT2D eigenvalue weighted by molar-refractivity contribution is -0.162. The monoisotopic (exact) mass is 2150 g/mol. The second kappa shape index (κ2) is 70.9. The number of epoxide rings is 1. The molecule has 5 rings (SSSR count). The Morgan fingerprint density at radius 1 is 0.571 bits per heavy atom. The van der Waals surface area contributed by atoms with Crippen LogP contribution in [0.25, 0.3) is 0 Å². The Hall–Kier alpha value is -9.95. The summed E-state index contributed by atoms with van der Waals surface area (Å²) in [5.74, 6) is -10.7. The highest BCUT2D eigenvalue weighted by atomic mass is 35.5. The summed E-state index contributed by atoms with van der Waals surface area (Å²) in [5, 5.41) is 89.4. The van der Waals surface area contributed by atoms with Gasteiger partial charge in [0.1, 0.15) is 64.9 Å². The number of urea groups is 1. The molecule has 1 unspecified atom stereocenters. The molecule has 832 valence electrons. The van der Waals surface area contributed by atoms with Gasteiger partial charge in [-0.1, -0.05) is 63.9 Å². The van der Waals surface area contributed by atoms with Crippen molar-refractivity contribution in [3.63, 3.8) is 0 Å². The van der Waals surface area contributed by atoms with E-state index >= 15 is 0 Å². The number of rotatable bonds is 72. The van der Waals surface area contributed by atoms with Crippen LogP contribution in [0.3, 0.4) is 0 Å². The number of likely N-dealkylation sites (N-methyl/N-ethyl adjacent to an activating group) is 1. The Labute approximate surface area is 868 Å². The Kier molecular flexibility index (Phi) is 61.5. The number of amides is 10. The van der Waals surface area contributed by atoms with Crippen molar-refractivity contribution in [3.8, 4) is 5.75 Å². The molecule has 0 aliphatic carbocycles. The van der Waals surface area contributed by atoms with E-state index in [9.17, 15) is 107 Å². The van der Waals surface area contributed by atoms with Crippen LogP contribution in [0.4, 0.5) is 15.3 Å². The summed E-state index contributed by atoms with van der Waals surface area (Å²) in [4.78, 5) is 210. The highest BCUT2D eigenvalue weighted by Gasteiger charge is 2.65. The van der Waals surface area contributed by atoms with E-state index < -0.39 is 169 Å². The van der Waals surface area contributed by atoms with Crippen molar-refractivity contribution in [1.29, 1.82) is 0 Å². The number of halogens is 1. The molecule has 4 aliphatic rings.